The molecule has 2 aliphatic heterocycles. The molecule has 33 heavy (non-hydrogen) atoms. The van der Waals surface area contributed by atoms with Crippen LogP contribution in [0.15, 0.2) is 59.6 Å². The van der Waals surface area contributed by atoms with Crippen molar-refractivity contribution in [2.45, 2.75) is 44.4 Å². The fourth-order valence-corrected chi connectivity index (χ4v) is 4.55. The summed E-state index contributed by atoms with van der Waals surface area (Å²) in [4.78, 5) is 19.3. The maximum Gasteiger partial charge on any atom is 0.253 e. The lowest BCUT2D eigenvalue weighted by Crippen LogP contribution is -2.42. The Morgan fingerprint density at radius 2 is 1.91 bits per heavy atom. The van der Waals surface area contributed by atoms with Crippen LogP contribution in [-0.2, 0) is 16.1 Å². The largest absolute Gasteiger partial charge is 0.368 e. The van der Waals surface area contributed by atoms with Crippen molar-refractivity contribution in [2.75, 3.05) is 38.6 Å². The normalized spacial score (nSPS) is 19.9. The Labute approximate surface area is 196 Å². The van der Waals surface area contributed by atoms with E-state index in [-0.39, 0.29) is 12.0 Å². The number of carbonyl (C=O) groups excluding carboxylic acids is 1. The number of rotatable bonds is 8. The van der Waals surface area contributed by atoms with Crippen LogP contribution in [0.5, 0.6) is 0 Å². The average Bonchev–Trinajstić information content (AvgIpc) is 3.57. The molecule has 0 spiro atoms. The molecule has 7 heteroatoms. The van der Waals surface area contributed by atoms with E-state index in [9.17, 15) is 4.79 Å². The third-order valence-corrected chi connectivity index (χ3v) is 6.33. The smallest absolute Gasteiger partial charge is 0.253 e. The van der Waals surface area contributed by atoms with Crippen molar-refractivity contribution in [3.05, 3.63) is 65.7 Å². The van der Waals surface area contributed by atoms with Crippen LogP contribution in [0.1, 0.15) is 42.9 Å². The fraction of sp³-hybridized carbons (Fsp3) is 0.462. The van der Waals surface area contributed by atoms with Crippen molar-refractivity contribution in [2.24, 2.45) is 4.99 Å². The van der Waals surface area contributed by atoms with E-state index >= 15 is 0 Å². The van der Waals surface area contributed by atoms with Crippen molar-refractivity contribution in [3.8, 4) is 0 Å². The van der Waals surface area contributed by atoms with Crippen LogP contribution < -0.4 is 16.0 Å². The Hall–Kier alpha value is -2.90. The maximum absolute atomic E-state index is 12.3. The van der Waals surface area contributed by atoms with E-state index in [1.165, 1.54) is 18.4 Å². The van der Waals surface area contributed by atoms with Crippen LogP contribution in [0.3, 0.4) is 0 Å². The Morgan fingerprint density at radius 3 is 2.64 bits per heavy atom. The summed E-state index contributed by atoms with van der Waals surface area (Å²) in [5.41, 5.74) is 3.19. The fourth-order valence-electron chi connectivity index (χ4n) is 4.55. The van der Waals surface area contributed by atoms with Gasteiger partial charge in [0, 0.05) is 32.4 Å². The average molecular weight is 450 g/mol. The Balaban J connectivity index is 1.31. The lowest BCUT2D eigenvalue weighted by atomic mass is 10.1. The Bertz CT molecular complexity index is 921. The van der Waals surface area contributed by atoms with E-state index in [4.69, 9.17) is 4.74 Å². The number of likely N-dealkylation sites (tertiary alicyclic amines) is 1. The number of carbonyl (C=O) groups is 1. The topological polar surface area (TPSA) is 78.0 Å². The number of hydrogen-bond acceptors (Lipinski definition) is 4. The van der Waals surface area contributed by atoms with Gasteiger partial charge in [-0.15, -0.1) is 0 Å². The van der Waals surface area contributed by atoms with Gasteiger partial charge in [0.1, 0.15) is 6.10 Å². The van der Waals surface area contributed by atoms with Gasteiger partial charge in [-0.25, -0.2) is 0 Å². The first kappa shape index (κ1) is 23.3. The predicted octanol–water partition coefficient (Wildman–Crippen LogP) is 3.31. The number of nitrogens with zero attached hydrogens (tertiary/aromatic N) is 2. The minimum absolute atomic E-state index is 0.0658. The zero-order valence-corrected chi connectivity index (χ0v) is 19.4. The highest BCUT2D eigenvalue weighted by Gasteiger charge is 2.24. The van der Waals surface area contributed by atoms with Crippen LogP contribution in [-0.4, -0.2) is 56.2 Å². The van der Waals surface area contributed by atoms with Crippen molar-refractivity contribution < 1.29 is 9.53 Å². The van der Waals surface area contributed by atoms with E-state index < -0.39 is 0 Å². The molecule has 0 aliphatic carbocycles. The minimum atomic E-state index is -0.331. The van der Waals surface area contributed by atoms with Crippen LogP contribution in [0.25, 0.3) is 0 Å². The molecule has 0 aromatic heterocycles. The summed E-state index contributed by atoms with van der Waals surface area (Å²) in [5.74, 6) is 0.702. The minimum Gasteiger partial charge on any atom is -0.368 e. The molecule has 2 atom stereocenters. The van der Waals surface area contributed by atoms with Gasteiger partial charge in [0.15, 0.2) is 5.96 Å². The second kappa shape index (κ2) is 11.8. The first-order chi connectivity index (χ1) is 16.2. The molecule has 3 N–H and O–H groups in total. The maximum atomic E-state index is 12.3. The number of amides is 1. The number of guanidine groups is 1. The molecule has 2 aromatic carbocycles. The molecular weight excluding hydrogens is 414 g/mol. The van der Waals surface area contributed by atoms with E-state index in [1.807, 2.05) is 24.3 Å². The van der Waals surface area contributed by atoms with E-state index in [2.05, 4.69) is 56.2 Å². The highest BCUT2D eigenvalue weighted by Crippen LogP contribution is 2.24. The van der Waals surface area contributed by atoms with Crippen molar-refractivity contribution >= 4 is 17.6 Å². The Kier molecular flexibility index (Phi) is 8.33. The quantitative estimate of drug-likeness (QED) is 0.426. The predicted molar refractivity (Wildman–Crippen MR) is 132 cm³/mol. The summed E-state index contributed by atoms with van der Waals surface area (Å²) in [5, 5.41) is 9.88. The molecule has 7 nitrogen and oxygen atoms in total. The number of aliphatic imine (C=N–C) groups is 1. The van der Waals surface area contributed by atoms with Gasteiger partial charge < -0.3 is 20.7 Å². The van der Waals surface area contributed by atoms with Gasteiger partial charge in [0.05, 0.1) is 6.04 Å². The SMILES string of the molecule is CN=C(NCc1cccc(NC(=O)C2CCCO2)c1)NCC(c1ccccc1)N1CCCC1. The molecule has 1 amide bonds. The molecular formula is C26H35N5O2. The lowest BCUT2D eigenvalue weighted by Gasteiger charge is -2.29. The molecule has 4 rings (SSSR count). The second-order valence-corrected chi connectivity index (χ2v) is 8.67. The van der Waals surface area contributed by atoms with Gasteiger partial charge in [-0.05, 0) is 62.0 Å². The molecule has 2 aromatic rings. The van der Waals surface area contributed by atoms with Gasteiger partial charge >= 0.3 is 0 Å². The molecule has 2 heterocycles. The van der Waals surface area contributed by atoms with Gasteiger partial charge in [0.2, 0.25) is 0 Å². The van der Waals surface area contributed by atoms with E-state index in [1.54, 1.807) is 7.05 Å². The number of benzene rings is 2. The molecule has 2 aliphatic rings. The molecule has 0 bridgehead atoms. The third kappa shape index (κ3) is 6.55. The van der Waals surface area contributed by atoms with Crippen LogP contribution in [0, 0.1) is 0 Å². The van der Waals surface area contributed by atoms with Crippen molar-refractivity contribution in [1.29, 1.82) is 0 Å². The van der Waals surface area contributed by atoms with E-state index in [0.29, 0.717) is 19.2 Å². The first-order valence-corrected chi connectivity index (χ1v) is 12.0. The van der Waals surface area contributed by atoms with Gasteiger partial charge in [-0.3, -0.25) is 14.7 Å². The summed E-state index contributed by atoms with van der Waals surface area (Å²) < 4.78 is 5.47. The zero-order chi connectivity index (χ0) is 22.9. The molecule has 2 fully saturated rings. The summed E-state index contributed by atoms with van der Waals surface area (Å²) in [6.45, 7) is 4.34. The van der Waals surface area contributed by atoms with Gasteiger partial charge in [-0.1, -0.05) is 42.5 Å². The van der Waals surface area contributed by atoms with Crippen LogP contribution in [0.4, 0.5) is 5.69 Å². The van der Waals surface area contributed by atoms with Crippen molar-refractivity contribution in [1.82, 2.24) is 15.5 Å². The molecule has 176 valence electrons. The molecule has 2 saturated heterocycles. The summed E-state index contributed by atoms with van der Waals surface area (Å²) in [7, 11) is 1.79. The van der Waals surface area contributed by atoms with Crippen LogP contribution >= 0.6 is 0 Å². The number of nitrogens with one attached hydrogen (secondary N) is 3. The van der Waals surface area contributed by atoms with Gasteiger partial charge in [0.25, 0.3) is 5.91 Å². The van der Waals surface area contributed by atoms with E-state index in [0.717, 1.165) is 49.7 Å². The highest BCUT2D eigenvalue weighted by molar-refractivity contribution is 5.94. The number of anilines is 1. The molecule has 0 radical (unpaired) electrons. The highest BCUT2D eigenvalue weighted by atomic mass is 16.5. The summed E-state index contributed by atoms with van der Waals surface area (Å²) in [6.07, 6.45) is 3.92. The Morgan fingerprint density at radius 1 is 1.09 bits per heavy atom. The molecule has 2 unspecified atom stereocenters. The van der Waals surface area contributed by atoms with Crippen molar-refractivity contribution in [3.63, 3.8) is 0 Å². The monoisotopic (exact) mass is 449 g/mol. The number of hydrogen-bond donors (Lipinski definition) is 3. The third-order valence-electron chi connectivity index (χ3n) is 6.33. The number of ether oxygens (including phenoxy) is 1. The lowest BCUT2D eigenvalue weighted by molar-refractivity contribution is -0.124. The van der Waals surface area contributed by atoms with Crippen LogP contribution in [0.2, 0.25) is 0 Å². The van der Waals surface area contributed by atoms with Gasteiger partial charge in [-0.2, -0.15) is 0 Å². The molecule has 0 saturated carbocycles. The standard InChI is InChI=1S/C26H35N5O2/c1-27-26(29-19-23(31-14-5-6-15-31)21-10-3-2-4-11-21)28-18-20-9-7-12-22(17-20)30-25(32)24-13-8-16-33-24/h2-4,7,9-12,17,23-24H,5-6,8,13-16,18-19H2,1H3,(H,30,32)(H2,27,28,29). The zero-order valence-electron chi connectivity index (χ0n) is 19.4. The first-order valence-electron chi connectivity index (χ1n) is 12.0. The summed E-state index contributed by atoms with van der Waals surface area (Å²) in [6, 6.07) is 18.9. The summed E-state index contributed by atoms with van der Waals surface area (Å²) >= 11 is 0. The second-order valence-electron chi connectivity index (χ2n) is 8.67.